The molecule has 132 valence electrons. The van der Waals surface area contributed by atoms with Gasteiger partial charge in [-0.25, -0.2) is 0 Å². The quantitative estimate of drug-likeness (QED) is 0.760. The topological polar surface area (TPSA) is 67.4 Å². The van der Waals surface area contributed by atoms with Crippen LogP contribution in [0.4, 0.5) is 5.69 Å². The summed E-state index contributed by atoms with van der Waals surface area (Å²) in [5.74, 6) is -0.427. The highest BCUT2D eigenvalue weighted by Gasteiger charge is 2.12. The number of carbonyl (C=O) groups excluding carboxylic acids is 2. The lowest BCUT2D eigenvalue weighted by Gasteiger charge is -2.12. The highest BCUT2D eigenvalue weighted by Crippen LogP contribution is 2.20. The Morgan fingerprint density at radius 3 is 2.20 bits per heavy atom. The molecule has 0 saturated carbocycles. The van der Waals surface area contributed by atoms with Crippen LogP contribution in [-0.2, 0) is 4.74 Å². The number of methoxy groups -OCH3 is 1. The van der Waals surface area contributed by atoms with Crippen molar-refractivity contribution in [2.24, 2.45) is 0 Å². The molecule has 0 atom stereocenters. The molecule has 5 heteroatoms. The molecule has 0 radical (unpaired) electrons. The number of nitrogens with one attached hydrogen (secondary N) is 2. The third-order valence-electron chi connectivity index (χ3n) is 3.92. The molecular weight excluding hydrogens is 316 g/mol. The van der Waals surface area contributed by atoms with E-state index in [0.29, 0.717) is 24.3 Å². The zero-order valence-corrected chi connectivity index (χ0v) is 14.9. The summed E-state index contributed by atoms with van der Waals surface area (Å²) < 4.78 is 4.95. The molecule has 0 aliphatic rings. The van der Waals surface area contributed by atoms with E-state index in [1.807, 2.05) is 32.0 Å². The summed E-state index contributed by atoms with van der Waals surface area (Å²) in [6.07, 6.45) is 0.745. The average molecular weight is 340 g/mol. The molecule has 0 fully saturated rings. The Morgan fingerprint density at radius 2 is 1.56 bits per heavy atom. The lowest BCUT2D eigenvalue weighted by atomic mass is 10.1. The molecule has 2 N–H and O–H groups in total. The number of anilines is 1. The van der Waals surface area contributed by atoms with Gasteiger partial charge < -0.3 is 15.4 Å². The molecule has 25 heavy (non-hydrogen) atoms. The Bertz CT molecular complexity index is 736. The van der Waals surface area contributed by atoms with Crippen LogP contribution in [0.2, 0.25) is 0 Å². The lowest BCUT2D eigenvalue weighted by Crippen LogP contribution is -2.25. The standard InChI is InChI=1S/C20H24N2O3/c1-14-7-4-8-15(2)18(14)22-20(24)17-10-5-9-16(13-17)19(23)21-11-6-12-25-3/h4-5,7-10,13H,6,11-12H2,1-3H3,(H,21,23)(H,22,24). The SMILES string of the molecule is COCCCNC(=O)c1cccc(C(=O)Nc2c(C)cccc2C)c1. The van der Waals surface area contributed by atoms with Gasteiger partial charge in [0.1, 0.15) is 0 Å². The van der Waals surface area contributed by atoms with Gasteiger partial charge in [0.25, 0.3) is 11.8 Å². The zero-order chi connectivity index (χ0) is 18.2. The first-order valence-electron chi connectivity index (χ1n) is 8.27. The van der Waals surface area contributed by atoms with E-state index in [-0.39, 0.29) is 11.8 Å². The van der Waals surface area contributed by atoms with Gasteiger partial charge in [0.05, 0.1) is 0 Å². The minimum absolute atomic E-state index is 0.196. The van der Waals surface area contributed by atoms with E-state index < -0.39 is 0 Å². The number of aryl methyl sites for hydroxylation is 2. The van der Waals surface area contributed by atoms with E-state index in [9.17, 15) is 9.59 Å². The lowest BCUT2D eigenvalue weighted by molar-refractivity contribution is 0.0948. The van der Waals surface area contributed by atoms with Gasteiger partial charge in [-0.05, 0) is 49.6 Å². The Morgan fingerprint density at radius 1 is 0.960 bits per heavy atom. The summed E-state index contributed by atoms with van der Waals surface area (Å²) in [4.78, 5) is 24.7. The van der Waals surface area contributed by atoms with E-state index in [0.717, 1.165) is 23.2 Å². The van der Waals surface area contributed by atoms with E-state index in [1.165, 1.54) is 0 Å². The molecule has 0 aliphatic carbocycles. The van der Waals surface area contributed by atoms with Crippen molar-refractivity contribution >= 4 is 17.5 Å². The average Bonchev–Trinajstić information content (AvgIpc) is 2.61. The fourth-order valence-corrected chi connectivity index (χ4v) is 2.52. The van der Waals surface area contributed by atoms with E-state index in [4.69, 9.17) is 4.74 Å². The van der Waals surface area contributed by atoms with Gasteiger partial charge >= 0.3 is 0 Å². The van der Waals surface area contributed by atoms with Gasteiger partial charge in [0.2, 0.25) is 0 Å². The van der Waals surface area contributed by atoms with Crippen LogP contribution in [0.15, 0.2) is 42.5 Å². The van der Waals surface area contributed by atoms with Crippen molar-refractivity contribution in [3.63, 3.8) is 0 Å². The van der Waals surface area contributed by atoms with Crippen molar-refractivity contribution in [3.05, 3.63) is 64.7 Å². The highest BCUT2D eigenvalue weighted by molar-refractivity contribution is 6.06. The molecule has 0 spiro atoms. The van der Waals surface area contributed by atoms with Gasteiger partial charge in [-0.15, -0.1) is 0 Å². The van der Waals surface area contributed by atoms with Gasteiger partial charge in [-0.3, -0.25) is 9.59 Å². The number of amides is 2. The maximum atomic E-state index is 12.5. The number of carbonyl (C=O) groups is 2. The minimum atomic E-state index is -0.230. The molecule has 2 aromatic rings. The van der Waals surface area contributed by atoms with E-state index >= 15 is 0 Å². The minimum Gasteiger partial charge on any atom is -0.385 e. The zero-order valence-electron chi connectivity index (χ0n) is 14.9. The second kappa shape index (κ2) is 8.99. The van der Waals surface area contributed by atoms with Crippen LogP contribution in [0.1, 0.15) is 38.3 Å². The Balaban J connectivity index is 2.07. The molecule has 2 amide bonds. The summed E-state index contributed by atoms with van der Waals surface area (Å²) in [7, 11) is 1.63. The Kier molecular flexibility index (Phi) is 6.71. The number of rotatable bonds is 7. The second-order valence-corrected chi connectivity index (χ2v) is 5.90. The number of benzene rings is 2. The van der Waals surface area contributed by atoms with Crippen LogP contribution in [0.3, 0.4) is 0 Å². The molecular formula is C20H24N2O3. The molecule has 0 bridgehead atoms. The van der Waals surface area contributed by atoms with Crippen LogP contribution in [-0.4, -0.2) is 32.1 Å². The van der Waals surface area contributed by atoms with Crippen LogP contribution in [0, 0.1) is 13.8 Å². The molecule has 0 saturated heterocycles. The van der Waals surface area contributed by atoms with Crippen molar-refractivity contribution in [1.82, 2.24) is 5.32 Å². The van der Waals surface area contributed by atoms with Gasteiger partial charge in [-0.1, -0.05) is 24.3 Å². The first kappa shape index (κ1) is 18.7. The molecule has 0 aromatic heterocycles. The smallest absolute Gasteiger partial charge is 0.255 e. The predicted molar refractivity (Wildman–Crippen MR) is 99.1 cm³/mol. The fourth-order valence-electron chi connectivity index (χ4n) is 2.52. The number of ether oxygens (including phenoxy) is 1. The third-order valence-corrected chi connectivity index (χ3v) is 3.92. The van der Waals surface area contributed by atoms with Crippen molar-refractivity contribution < 1.29 is 14.3 Å². The molecule has 5 nitrogen and oxygen atoms in total. The Labute approximate surface area is 148 Å². The number of hydrogen-bond donors (Lipinski definition) is 2. The summed E-state index contributed by atoms with van der Waals surface area (Å²) in [5.41, 5.74) is 3.72. The molecule has 2 aromatic carbocycles. The van der Waals surface area contributed by atoms with Gasteiger partial charge in [0, 0.05) is 37.1 Å². The Hall–Kier alpha value is -2.66. The largest absolute Gasteiger partial charge is 0.385 e. The first-order valence-corrected chi connectivity index (χ1v) is 8.27. The fraction of sp³-hybridized carbons (Fsp3) is 0.300. The highest BCUT2D eigenvalue weighted by atomic mass is 16.5. The summed E-state index contributed by atoms with van der Waals surface area (Å²) in [6.45, 7) is 5.03. The maximum absolute atomic E-state index is 12.5. The van der Waals surface area contributed by atoms with Crippen LogP contribution >= 0.6 is 0 Å². The monoisotopic (exact) mass is 340 g/mol. The summed E-state index contributed by atoms with van der Waals surface area (Å²) in [5, 5.41) is 5.75. The molecule has 0 unspecified atom stereocenters. The van der Waals surface area contributed by atoms with E-state index in [2.05, 4.69) is 10.6 Å². The number of hydrogen-bond acceptors (Lipinski definition) is 3. The van der Waals surface area contributed by atoms with Crippen LogP contribution in [0.25, 0.3) is 0 Å². The summed E-state index contributed by atoms with van der Waals surface area (Å²) >= 11 is 0. The first-order chi connectivity index (χ1) is 12.0. The van der Waals surface area contributed by atoms with Crippen molar-refractivity contribution in [3.8, 4) is 0 Å². The van der Waals surface area contributed by atoms with Crippen LogP contribution < -0.4 is 10.6 Å². The van der Waals surface area contributed by atoms with Gasteiger partial charge in [0.15, 0.2) is 0 Å². The van der Waals surface area contributed by atoms with E-state index in [1.54, 1.807) is 31.4 Å². The molecule has 0 aliphatic heterocycles. The maximum Gasteiger partial charge on any atom is 0.255 e. The van der Waals surface area contributed by atoms with Crippen LogP contribution in [0.5, 0.6) is 0 Å². The second-order valence-electron chi connectivity index (χ2n) is 5.90. The predicted octanol–water partition coefficient (Wildman–Crippen LogP) is 3.32. The summed E-state index contributed by atoms with van der Waals surface area (Å²) in [6, 6.07) is 12.6. The third kappa shape index (κ3) is 5.16. The number of para-hydroxylation sites is 1. The van der Waals surface area contributed by atoms with Crippen molar-refractivity contribution in [1.29, 1.82) is 0 Å². The van der Waals surface area contributed by atoms with Gasteiger partial charge in [-0.2, -0.15) is 0 Å². The molecule has 2 rings (SSSR count). The molecule has 0 heterocycles. The normalized spacial score (nSPS) is 10.4. The van der Waals surface area contributed by atoms with Crippen molar-refractivity contribution in [2.45, 2.75) is 20.3 Å². The van der Waals surface area contributed by atoms with Crippen molar-refractivity contribution in [2.75, 3.05) is 25.6 Å².